The van der Waals surface area contributed by atoms with Crippen LogP contribution in [0.5, 0.6) is 0 Å². The highest BCUT2D eigenvalue weighted by atomic mass is 35.5. The van der Waals surface area contributed by atoms with Gasteiger partial charge in [-0.15, -0.1) is 11.8 Å². The normalized spacial score (nSPS) is 16.1. The zero-order valence-corrected chi connectivity index (χ0v) is 21.0. The van der Waals surface area contributed by atoms with Crippen molar-refractivity contribution in [1.29, 1.82) is 0 Å². The Hall–Kier alpha value is -4.01. The van der Waals surface area contributed by atoms with Gasteiger partial charge in [0, 0.05) is 33.2 Å². The van der Waals surface area contributed by atoms with Crippen molar-refractivity contribution in [3.63, 3.8) is 0 Å². The predicted molar refractivity (Wildman–Crippen MR) is 148 cm³/mol. The summed E-state index contributed by atoms with van der Waals surface area (Å²) in [5.41, 5.74) is 10.0. The van der Waals surface area contributed by atoms with E-state index in [0.29, 0.717) is 28.8 Å². The van der Waals surface area contributed by atoms with E-state index in [9.17, 15) is 4.39 Å². The van der Waals surface area contributed by atoms with E-state index >= 15 is 0 Å². The van der Waals surface area contributed by atoms with Crippen molar-refractivity contribution in [2.24, 2.45) is 10.7 Å². The third-order valence-corrected chi connectivity index (χ3v) is 6.99. The predicted octanol–water partition coefficient (Wildman–Crippen LogP) is 7.15. The molecule has 2 N–H and O–H groups in total. The molecule has 1 aliphatic rings. The van der Waals surface area contributed by atoms with Gasteiger partial charge >= 0.3 is 0 Å². The molecule has 2 aromatic carbocycles. The Bertz CT molecular complexity index is 1500. The maximum Gasteiger partial charge on any atom is 0.276 e. The van der Waals surface area contributed by atoms with E-state index in [0.717, 1.165) is 27.5 Å². The standard InChI is InChI=1S/C28H21ClFN5OS/c29-20-8-14-23(15-9-20)37-25(17-33-22-12-10-21(30)11-13-22)26(31)18-4-6-19(7-5-18)27-34-28(36-35-27)24-3-1-2-16-32-24/h1-14,16-17,23H,15,31H2. The summed E-state index contributed by atoms with van der Waals surface area (Å²) >= 11 is 7.67. The van der Waals surface area contributed by atoms with Crippen molar-refractivity contribution < 1.29 is 8.91 Å². The van der Waals surface area contributed by atoms with E-state index in [1.807, 2.05) is 60.7 Å². The number of hydrogen-bond acceptors (Lipinski definition) is 7. The third kappa shape index (κ3) is 6.22. The second kappa shape index (κ2) is 11.4. The van der Waals surface area contributed by atoms with Gasteiger partial charge in [0.2, 0.25) is 5.82 Å². The highest BCUT2D eigenvalue weighted by Gasteiger charge is 2.15. The van der Waals surface area contributed by atoms with Crippen molar-refractivity contribution >= 4 is 41.0 Å². The zero-order chi connectivity index (χ0) is 25.6. The molecule has 0 saturated carbocycles. The summed E-state index contributed by atoms with van der Waals surface area (Å²) in [6, 6.07) is 19.1. The Morgan fingerprint density at radius 2 is 1.92 bits per heavy atom. The molecule has 0 bridgehead atoms. The van der Waals surface area contributed by atoms with E-state index in [4.69, 9.17) is 21.9 Å². The molecule has 4 aromatic rings. The first kappa shape index (κ1) is 24.7. The summed E-state index contributed by atoms with van der Waals surface area (Å²) in [5, 5.41) is 4.95. The van der Waals surface area contributed by atoms with Crippen LogP contribution in [-0.2, 0) is 0 Å². The maximum atomic E-state index is 13.3. The molecule has 9 heteroatoms. The number of nitrogens with zero attached hydrogens (tertiary/aromatic N) is 4. The van der Waals surface area contributed by atoms with Gasteiger partial charge < -0.3 is 10.3 Å². The fourth-order valence-electron chi connectivity index (χ4n) is 3.52. The minimum absolute atomic E-state index is 0.152. The van der Waals surface area contributed by atoms with Crippen LogP contribution in [0.4, 0.5) is 10.1 Å². The Balaban J connectivity index is 1.41. The molecule has 1 aliphatic carbocycles. The van der Waals surface area contributed by atoms with Gasteiger partial charge in [0.05, 0.1) is 11.4 Å². The third-order valence-electron chi connectivity index (χ3n) is 5.48. The molecule has 6 nitrogen and oxygen atoms in total. The number of halogens is 2. The largest absolute Gasteiger partial charge is 0.397 e. The first-order chi connectivity index (χ1) is 18.0. The Morgan fingerprint density at radius 1 is 1.11 bits per heavy atom. The van der Waals surface area contributed by atoms with E-state index in [1.54, 1.807) is 36.3 Å². The lowest BCUT2D eigenvalue weighted by Crippen LogP contribution is -2.06. The number of aromatic nitrogens is 3. The fraction of sp³-hybridized carbons (Fsp3) is 0.0714. The Kier molecular flexibility index (Phi) is 7.58. The molecule has 0 saturated heterocycles. The molecule has 0 radical (unpaired) electrons. The Labute approximate surface area is 222 Å². The average Bonchev–Trinajstić information content (AvgIpc) is 3.44. The molecule has 0 spiro atoms. The van der Waals surface area contributed by atoms with Crippen LogP contribution in [0, 0.1) is 5.82 Å². The quantitative estimate of drug-likeness (QED) is 0.256. The van der Waals surface area contributed by atoms with Crippen molar-refractivity contribution in [2.45, 2.75) is 11.7 Å². The van der Waals surface area contributed by atoms with Gasteiger partial charge in [-0.05, 0) is 54.5 Å². The number of pyridine rings is 1. The monoisotopic (exact) mass is 529 g/mol. The van der Waals surface area contributed by atoms with Crippen molar-refractivity contribution in [1.82, 2.24) is 15.1 Å². The first-order valence-electron chi connectivity index (χ1n) is 11.4. The minimum Gasteiger partial charge on any atom is -0.397 e. The van der Waals surface area contributed by atoms with E-state index in [-0.39, 0.29) is 11.1 Å². The van der Waals surface area contributed by atoms with E-state index in [2.05, 4.69) is 20.1 Å². The number of rotatable bonds is 7. The van der Waals surface area contributed by atoms with Gasteiger partial charge in [-0.1, -0.05) is 59.2 Å². The highest BCUT2D eigenvalue weighted by molar-refractivity contribution is 8.04. The molecule has 0 fully saturated rings. The molecule has 5 rings (SSSR count). The Morgan fingerprint density at radius 3 is 2.62 bits per heavy atom. The fourth-order valence-corrected chi connectivity index (χ4v) is 4.72. The van der Waals surface area contributed by atoms with Crippen LogP contribution < -0.4 is 5.73 Å². The van der Waals surface area contributed by atoms with Gasteiger partial charge in [-0.2, -0.15) is 4.98 Å². The van der Waals surface area contributed by atoms with E-state index < -0.39 is 0 Å². The van der Waals surface area contributed by atoms with Gasteiger partial charge in [-0.25, -0.2) is 4.39 Å². The number of nitrogens with two attached hydrogens (primary N) is 1. The molecule has 184 valence electrons. The second-order valence-corrected chi connectivity index (χ2v) is 9.79. The van der Waals surface area contributed by atoms with Crippen molar-refractivity contribution in [3.8, 4) is 23.0 Å². The molecule has 0 aliphatic heterocycles. The van der Waals surface area contributed by atoms with Crippen LogP contribution in [0.25, 0.3) is 28.7 Å². The smallest absolute Gasteiger partial charge is 0.276 e. The van der Waals surface area contributed by atoms with Gasteiger partial charge in [0.15, 0.2) is 0 Å². The molecule has 0 amide bonds. The first-order valence-corrected chi connectivity index (χ1v) is 12.7. The molecule has 1 unspecified atom stereocenters. The summed E-state index contributed by atoms with van der Waals surface area (Å²) in [7, 11) is 0. The summed E-state index contributed by atoms with van der Waals surface area (Å²) < 4.78 is 18.7. The van der Waals surface area contributed by atoms with Gasteiger partial charge in [0.1, 0.15) is 11.5 Å². The van der Waals surface area contributed by atoms with E-state index in [1.165, 1.54) is 12.1 Å². The highest BCUT2D eigenvalue weighted by Crippen LogP contribution is 2.33. The molecular formula is C28H21ClFN5OS. The van der Waals surface area contributed by atoms with Crippen LogP contribution in [0.15, 0.2) is 111 Å². The summed E-state index contributed by atoms with van der Waals surface area (Å²) in [4.78, 5) is 14.0. The van der Waals surface area contributed by atoms with Gasteiger partial charge in [0.25, 0.3) is 5.89 Å². The zero-order valence-electron chi connectivity index (χ0n) is 19.5. The number of benzene rings is 2. The minimum atomic E-state index is -0.312. The van der Waals surface area contributed by atoms with Crippen molar-refractivity contribution in [3.05, 3.63) is 112 Å². The van der Waals surface area contributed by atoms with Crippen LogP contribution in [0.3, 0.4) is 0 Å². The van der Waals surface area contributed by atoms with Crippen molar-refractivity contribution in [2.75, 3.05) is 0 Å². The van der Waals surface area contributed by atoms with Gasteiger partial charge in [-0.3, -0.25) is 9.98 Å². The molecule has 1 atom stereocenters. The molecule has 2 aromatic heterocycles. The average molecular weight is 530 g/mol. The summed E-state index contributed by atoms with van der Waals surface area (Å²) in [5.74, 6) is 0.496. The number of aliphatic imine (C=N–C) groups is 1. The molecule has 2 heterocycles. The number of hydrogen-bond donors (Lipinski definition) is 1. The molecular weight excluding hydrogens is 509 g/mol. The maximum absolute atomic E-state index is 13.3. The molecule has 37 heavy (non-hydrogen) atoms. The lowest BCUT2D eigenvalue weighted by molar-refractivity contribution is 0.431. The lowest BCUT2D eigenvalue weighted by Gasteiger charge is -2.16. The summed E-state index contributed by atoms with van der Waals surface area (Å²) in [6.07, 6.45) is 10.1. The summed E-state index contributed by atoms with van der Waals surface area (Å²) in [6.45, 7) is 0. The van der Waals surface area contributed by atoms with Crippen LogP contribution in [0.2, 0.25) is 0 Å². The lowest BCUT2D eigenvalue weighted by atomic mass is 10.1. The number of thioether (sulfide) groups is 1. The van der Waals surface area contributed by atoms with Crippen LogP contribution in [0.1, 0.15) is 12.0 Å². The topological polar surface area (TPSA) is 90.2 Å². The number of allylic oxidation sites excluding steroid dienone is 4. The second-order valence-electron chi connectivity index (χ2n) is 8.07. The van der Waals surface area contributed by atoms with Crippen LogP contribution in [-0.4, -0.2) is 26.6 Å². The van der Waals surface area contributed by atoms with Crippen LogP contribution >= 0.6 is 23.4 Å². The SMILES string of the molecule is NC(=C(C=Nc1ccc(F)cc1)SC1C=CC(Cl)=CC1)c1ccc(-c2noc(-c3ccccn3)n2)cc1.